The lowest BCUT2D eigenvalue weighted by molar-refractivity contribution is 0.476. The Kier molecular flexibility index (Phi) is 3.19. The van der Waals surface area contributed by atoms with Crippen molar-refractivity contribution in [2.24, 2.45) is 10.2 Å². The van der Waals surface area contributed by atoms with Gasteiger partial charge in [0.1, 0.15) is 11.4 Å². The molecule has 0 spiro atoms. The third-order valence-electron chi connectivity index (χ3n) is 2.59. The first kappa shape index (κ1) is 11.3. The largest absolute Gasteiger partial charge is 0.506 e. The molecule has 2 aromatic rings. The maximum Gasteiger partial charge on any atom is 0.143 e. The first-order chi connectivity index (χ1) is 8.18. The molecule has 1 N–H and O–H groups in total. The van der Waals surface area contributed by atoms with Gasteiger partial charge >= 0.3 is 0 Å². The molecule has 0 bridgehead atoms. The molecule has 0 atom stereocenters. The van der Waals surface area contributed by atoms with Gasteiger partial charge in [0.15, 0.2) is 0 Å². The summed E-state index contributed by atoms with van der Waals surface area (Å²) in [6.07, 6.45) is 0. The fourth-order valence-corrected chi connectivity index (χ4v) is 1.55. The molecule has 0 heterocycles. The Morgan fingerprint density at radius 3 is 2.24 bits per heavy atom. The molecule has 0 radical (unpaired) electrons. The summed E-state index contributed by atoms with van der Waals surface area (Å²) in [4.78, 5) is 0. The Balaban J connectivity index is 2.36. The number of phenolic OH excluding ortho intramolecular Hbond substituents is 1. The van der Waals surface area contributed by atoms with E-state index < -0.39 is 0 Å². The van der Waals surface area contributed by atoms with Gasteiger partial charge in [-0.1, -0.05) is 30.3 Å². The Hall–Kier alpha value is -2.16. The van der Waals surface area contributed by atoms with Crippen LogP contribution in [0, 0.1) is 13.8 Å². The van der Waals surface area contributed by atoms with Crippen molar-refractivity contribution in [3.05, 3.63) is 53.6 Å². The van der Waals surface area contributed by atoms with Gasteiger partial charge in [-0.2, -0.15) is 5.11 Å². The molecule has 0 saturated heterocycles. The monoisotopic (exact) mass is 226 g/mol. The molecule has 0 amide bonds. The molecule has 0 aromatic heterocycles. The molecule has 0 fully saturated rings. The lowest BCUT2D eigenvalue weighted by atomic mass is 10.2. The fourth-order valence-electron chi connectivity index (χ4n) is 1.55. The average molecular weight is 226 g/mol. The van der Waals surface area contributed by atoms with Crippen LogP contribution in [0.3, 0.4) is 0 Å². The molecule has 0 unspecified atom stereocenters. The zero-order valence-corrected chi connectivity index (χ0v) is 9.88. The van der Waals surface area contributed by atoms with E-state index in [0.29, 0.717) is 5.69 Å². The normalized spacial score (nSPS) is 10.9. The van der Waals surface area contributed by atoms with Crippen LogP contribution in [0.5, 0.6) is 5.75 Å². The van der Waals surface area contributed by atoms with Crippen LogP contribution in [-0.2, 0) is 0 Å². The van der Waals surface area contributed by atoms with E-state index in [1.54, 1.807) is 12.1 Å². The van der Waals surface area contributed by atoms with Gasteiger partial charge in [-0.25, -0.2) is 0 Å². The van der Waals surface area contributed by atoms with Crippen molar-refractivity contribution in [2.45, 2.75) is 13.8 Å². The third-order valence-corrected chi connectivity index (χ3v) is 2.59. The van der Waals surface area contributed by atoms with Gasteiger partial charge in [0, 0.05) is 0 Å². The Morgan fingerprint density at radius 2 is 1.53 bits per heavy atom. The molecule has 0 aliphatic heterocycles. The Bertz CT molecular complexity index is 542. The van der Waals surface area contributed by atoms with Crippen LogP contribution in [0.1, 0.15) is 11.1 Å². The Labute approximate surface area is 100 Å². The maximum absolute atomic E-state index is 9.68. The molecule has 86 valence electrons. The molecule has 17 heavy (non-hydrogen) atoms. The van der Waals surface area contributed by atoms with Gasteiger partial charge in [0.2, 0.25) is 0 Å². The lowest BCUT2D eigenvalue weighted by Crippen LogP contribution is -1.75. The number of aromatic hydroxyl groups is 1. The van der Waals surface area contributed by atoms with Crippen molar-refractivity contribution >= 4 is 11.4 Å². The summed E-state index contributed by atoms with van der Waals surface area (Å²) < 4.78 is 0. The first-order valence-electron chi connectivity index (χ1n) is 5.44. The predicted molar refractivity (Wildman–Crippen MR) is 68.2 cm³/mol. The van der Waals surface area contributed by atoms with E-state index in [0.717, 1.165) is 16.8 Å². The number of nitrogens with zero attached hydrogens (tertiary/aromatic N) is 2. The standard InChI is InChI=1S/C14H14N2O/c1-10-6-3-4-8-12(10)15-16-14-11(2)7-5-9-13(14)17/h3-9,17H,1-2H3. The molecule has 2 rings (SSSR count). The van der Waals surface area contributed by atoms with E-state index in [-0.39, 0.29) is 5.75 Å². The van der Waals surface area contributed by atoms with Crippen LogP contribution in [0.4, 0.5) is 11.4 Å². The molecule has 2 aromatic carbocycles. The molecule has 0 saturated carbocycles. The number of rotatable bonds is 2. The number of hydrogen-bond acceptors (Lipinski definition) is 3. The fraction of sp³-hybridized carbons (Fsp3) is 0.143. The van der Waals surface area contributed by atoms with Crippen molar-refractivity contribution in [2.75, 3.05) is 0 Å². The number of benzene rings is 2. The van der Waals surface area contributed by atoms with Crippen molar-refractivity contribution in [3.63, 3.8) is 0 Å². The lowest BCUT2D eigenvalue weighted by Gasteiger charge is -2.02. The number of phenols is 1. The summed E-state index contributed by atoms with van der Waals surface area (Å²) in [5, 5.41) is 18.0. The highest BCUT2D eigenvalue weighted by molar-refractivity contribution is 5.56. The number of aryl methyl sites for hydroxylation is 2. The van der Waals surface area contributed by atoms with Gasteiger partial charge in [-0.3, -0.25) is 0 Å². The minimum Gasteiger partial charge on any atom is -0.506 e. The minimum absolute atomic E-state index is 0.155. The summed E-state index contributed by atoms with van der Waals surface area (Å²) >= 11 is 0. The van der Waals surface area contributed by atoms with Crippen LogP contribution >= 0.6 is 0 Å². The van der Waals surface area contributed by atoms with Gasteiger partial charge in [-0.05, 0) is 37.1 Å². The Morgan fingerprint density at radius 1 is 0.824 bits per heavy atom. The van der Waals surface area contributed by atoms with Crippen molar-refractivity contribution in [1.29, 1.82) is 0 Å². The summed E-state index contributed by atoms with van der Waals surface area (Å²) in [5.41, 5.74) is 3.30. The van der Waals surface area contributed by atoms with E-state index >= 15 is 0 Å². The highest BCUT2D eigenvalue weighted by Crippen LogP contribution is 2.31. The summed E-state index contributed by atoms with van der Waals surface area (Å²) in [7, 11) is 0. The van der Waals surface area contributed by atoms with Crippen LogP contribution < -0.4 is 0 Å². The highest BCUT2D eigenvalue weighted by atomic mass is 16.3. The molecule has 3 nitrogen and oxygen atoms in total. The zero-order valence-electron chi connectivity index (χ0n) is 9.88. The second-order valence-electron chi connectivity index (χ2n) is 3.93. The number of hydrogen-bond donors (Lipinski definition) is 1. The van der Waals surface area contributed by atoms with Crippen LogP contribution in [-0.4, -0.2) is 5.11 Å². The van der Waals surface area contributed by atoms with Crippen LogP contribution in [0.2, 0.25) is 0 Å². The number of azo groups is 1. The van der Waals surface area contributed by atoms with E-state index in [1.807, 2.05) is 44.2 Å². The van der Waals surface area contributed by atoms with Crippen LogP contribution in [0.15, 0.2) is 52.7 Å². The summed E-state index contributed by atoms with van der Waals surface area (Å²) in [6.45, 7) is 3.87. The van der Waals surface area contributed by atoms with E-state index in [2.05, 4.69) is 10.2 Å². The molecule has 3 heteroatoms. The maximum atomic E-state index is 9.68. The van der Waals surface area contributed by atoms with Gasteiger partial charge in [0.25, 0.3) is 0 Å². The van der Waals surface area contributed by atoms with Crippen molar-refractivity contribution in [3.8, 4) is 5.75 Å². The molecule has 0 aliphatic carbocycles. The van der Waals surface area contributed by atoms with Crippen molar-refractivity contribution < 1.29 is 5.11 Å². The second kappa shape index (κ2) is 4.78. The predicted octanol–water partition coefficient (Wildman–Crippen LogP) is 4.42. The third kappa shape index (κ3) is 2.50. The first-order valence-corrected chi connectivity index (χ1v) is 5.44. The topological polar surface area (TPSA) is 45.0 Å². The zero-order chi connectivity index (χ0) is 12.3. The molecular formula is C14H14N2O. The van der Waals surface area contributed by atoms with E-state index in [9.17, 15) is 5.11 Å². The van der Waals surface area contributed by atoms with Crippen LogP contribution in [0.25, 0.3) is 0 Å². The van der Waals surface area contributed by atoms with E-state index in [1.165, 1.54) is 0 Å². The van der Waals surface area contributed by atoms with Gasteiger partial charge < -0.3 is 5.11 Å². The van der Waals surface area contributed by atoms with Gasteiger partial charge in [-0.15, -0.1) is 5.11 Å². The SMILES string of the molecule is Cc1ccccc1N=Nc1c(C)cccc1O. The smallest absolute Gasteiger partial charge is 0.143 e. The summed E-state index contributed by atoms with van der Waals surface area (Å²) in [6, 6.07) is 13.0. The summed E-state index contributed by atoms with van der Waals surface area (Å²) in [5.74, 6) is 0.155. The van der Waals surface area contributed by atoms with E-state index in [4.69, 9.17) is 0 Å². The molecular weight excluding hydrogens is 212 g/mol. The average Bonchev–Trinajstić information content (AvgIpc) is 2.30. The minimum atomic E-state index is 0.155. The van der Waals surface area contributed by atoms with Crippen molar-refractivity contribution in [1.82, 2.24) is 0 Å². The second-order valence-corrected chi connectivity index (χ2v) is 3.93. The van der Waals surface area contributed by atoms with Gasteiger partial charge in [0.05, 0.1) is 5.69 Å². The quantitative estimate of drug-likeness (QED) is 0.756. The molecule has 0 aliphatic rings. The highest BCUT2D eigenvalue weighted by Gasteiger charge is 2.02.